The molecule has 2 heterocycles. The van der Waals surface area contributed by atoms with Crippen LogP contribution in [0.5, 0.6) is 0 Å². The zero-order valence-corrected chi connectivity index (χ0v) is 13.3. The Morgan fingerprint density at radius 1 is 1.40 bits per heavy atom. The predicted molar refractivity (Wildman–Crippen MR) is 79.6 cm³/mol. The quantitative estimate of drug-likeness (QED) is 0.839. The van der Waals surface area contributed by atoms with E-state index in [-0.39, 0.29) is 17.7 Å². The topological polar surface area (TPSA) is 58.8 Å². The van der Waals surface area contributed by atoms with E-state index in [1.54, 1.807) is 0 Å². The van der Waals surface area contributed by atoms with Crippen LogP contribution in [0.1, 0.15) is 47.0 Å². The van der Waals surface area contributed by atoms with Crippen molar-refractivity contribution in [2.24, 2.45) is 5.73 Å². The number of carbonyl (C=O) groups is 1. The van der Waals surface area contributed by atoms with Gasteiger partial charge in [0.1, 0.15) is 5.60 Å². The molecule has 2 unspecified atom stereocenters. The van der Waals surface area contributed by atoms with Gasteiger partial charge in [-0.1, -0.05) is 6.92 Å². The van der Waals surface area contributed by atoms with Crippen molar-refractivity contribution in [1.29, 1.82) is 0 Å². The molecule has 0 aromatic rings. The minimum absolute atomic E-state index is 0.0209. The third kappa shape index (κ3) is 2.93. The van der Waals surface area contributed by atoms with Crippen molar-refractivity contribution in [2.75, 3.05) is 26.2 Å². The van der Waals surface area contributed by atoms with Crippen LogP contribution in [0, 0.1) is 0 Å². The minimum Gasteiger partial charge on any atom is -0.444 e. The fraction of sp³-hybridized carbons (Fsp3) is 0.933. The SMILES string of the molecule is CCCN1CCC(N)C12CCN(C(=O)OC(C)(C)C)C2. The van der Waals surface area contributed by atoms with Gasteiger partial charge in [-0.05, 0) is 46.6 Å². The Labute approximate surface area is 122 Å². The molecule has 2 N–H and O–H groups in total. The van der Waals surface area contributed by atoms with Crippen LogP contribution in [0.15, 0.2) is 0 Å². The highest BCUT2D eigenvalue weighted by molar-refractivity contribution is 5.68. The van der Waals surface area contributed by atoms with Gasteiger partial charge >= 0.3 is 6.09 Å². The lowest BCUT2D eigenvalue weighted by molar-refractivity contribution is 0.0253. The second-order valence-corrected chi connectivity index (χ2v) is 7.14. The van der Waals surface area contributed by atoms with E-state index in [0.717, 1.165) is 38.9 Å². The van der Waals surface area contributed by atoms with Crippen LogP contribution in [-0.4, -0.2) is 59.3 Å². The summed E-state index contributed by atoms with van der Waals surface area (Å²) in [5.41, 5.74) is 5.91. The lowest BCUT2D eigenvalue weighted by atomic mass is 9.90. The normalized spacial score (nSPS) is 31.2. The summed E-state index contributed by atoms with van der Waals surface area (Å²) in [5.74, 6) is 0. The summed E-state index contributed by atoms with van der Waals surface area (Å²) in [7, 11) is 0. The van der Waals surface area contributed by atoms with Crippen LogP contribution >= 0.6 is 0 Å². The van der Waals surface area contributed by atoms with Gasteiger partial charge in [-0.3, -0.25) is 4.90 Å². The molecular weight excluding hydrogens is 254 g/mol. The van der Waals surface area contributed by atoms with Gasteiger partial charge in [0.2, 0.25) is 0 Å². The van der Waals surface area contributed by atoms with E-state index in [4.69, 9.17) is 10.5 Å². The average Bonchev–Trinajstić information content (AvgIpc) is 2.88. The first-order chi connectivity index (χ1) is 9.28. The summed E-state index contributed by atoms with van der Waals surface area (Å²) in [6, 6.07) is 0.168. The van der Waals surface area contributed by atoms with Crippen LogP contribution in [0.2, 0.25) is 0 Å². The average molecular weight is 283 g/mol. The molecule has 1 amide bonds. The third-order valence-electron chi connectivity index (χ3n) is 4.45. The zero-order chi connectivity index (χ0) is 15.0. The first kappa shape index (κ1) is 15.6. The maximum Gasteiger partial charge on any atom is 0.410 e. The standard InChI is InChI=1S/C15H29N3O2/c1-5-8-18-9-6-12(16)15(18)7-10-17(11-15)13(19)20-14(2,3)4/h12H,5-11,16H2,1-4H3. The van der Waals surface area contributed by atoms with Crippen LogP contribution in [0.4, 0.5) is 4.79 Å². The molecule has 2 atom stereocenters. The molecule has 116 valence electrons. The van der Waals surface area contributed by atoms with Crippen molar-refractivity contribution in [2.45, 2.75) is 64.1 Å². The number of rotatable bonds is 2. The summed E-state index contributed by atoms with van der Waals surface area (Å²) in [4.78, 5) is 16.5. The van der Waals surface area contributed by atoms with E-state index in [1.807, 2.05) is 25.7 Å². The lowest BCUT2D eigenvalue weighted by Crippen LogP contribution is -2.56. The van der Waals surface area contributed by atoms with E-state index >= 15 is 0 Å². The smallest absolute Gasteiger partial charge is 0.410 e. The van der Waals surface area contributed by atoms with Gasteiger partial charge in [0, 0.05) is 25.7 Å². The maximum absolute atomic E-state index is 12.2. The first-order valence-corrected chi connectivity index (χ1v) is 7.77. The summed E-state index contributed by atoms with van der Waals surface area (Å²) in [5, 5.41) is 0. The summed E-state index contributed by atoms with van der Waals surface area (Å²) < 4.78 is 5.48. The largest absolute Gasteiger partial charge is 0.444 e. The molecule has 5 heteroatoms. The number of carbonyl (C=O) groups excluding carboxylic acids is 1. The van der Waals surface area contributed by atoms with Gasteiger partial charge in [-0.25, -0.2) is 4.79 Å². The monoisotopic (exact) mass is 283 g/mol. The zero-order valence-electron chi connectivity index (χ0n) is 13.3. The van der Waals surface area contributed by atoms with Crippen molar-refractivity contribution in [1.82, 2.24) is 9.80 Å². The molecule has 0 aromatic carbocycles. The molecule has 0 aliphatic carbocycles. The van der Waals surface area contributed by atoms with E-state index in [0.29, 0.717) is 6.54 Å². The van der Waals surface area contributed by atoms with Gasteiger partial charge in [-0.2, -0.15) is 0 Å². The number of ether oxygens (including phenoxy) is 1. The van der Waals surface area contributed by atoms with Crippen LogP contribution in [-0.2, 0) is 4.74 Å². The van der Waals surface area contributed by atoms with E-state index < -0.39 is 5.60 Å². The molecule has 2 fully saturated rings. The van der Waals surface area contributed by atoms with Gasteiger partial charge < -0.3 is 15.4 Å². The Kier molecular flexibility index (Phi) is 4.30. The summed E-state index contributed by atoms with van der Waals surface area (Å²) in [6.45, 7) is 11.5. The molecule has 2 aliphatic heterocycles. The number of hydrogen-bond donors (Lipinski definition) is 1. The van der Waals surface area contributed by atoms with E-state index in [2.05, 4.69) is 11.8 Å². The lowest BCUT2D eigenvalue weighted by Gasteiger charge is -2.38. The van der Waals surface area contributed by atoms with Crippen molar-refractivity contribution < 1.29 is 9.53 Å². The Balaban J connectivity index is 2.04. The Morgan fingerprint density at radius 3 is 2.70 bits per heavy atom. The molecule has 0 aromatic heterocycles. The number of amides is 1. The number of likely N-dealkylation sites (tertiary alicyclic amines) is 2. The highest BCUT2D eigenvalue weighted by Crippen LogP contribution is 2.37. The van der Waals surface area contributed by atoms with Gasteiger partial charge in [0.05, 0.1) is 5.54 Å². The minimum atomic E-state index is -0.437. The first-order valence-electron chi connectivity index (χ1n) is 7.77. The van der Waals surface area contributed by atoms with Crippen molar-refractivity contribution >= 4 is 6.09 Å². The van der Waals surface area contributed by atoms with Gasteiger partial charge in [0.15, 0.2) is 0 Å². The molecule has 0 radical (unpaired) electrons. The number of nitrogens with two attached hydrogens (primary N) is 1. The fourth-order valence-corrected chi connectivity index (χ4v) is 3.49. The van der Waals surface area contributed by atoms with Crippen LogP contribution in [0.25, 0.3) is 0 Å². The predicted octanol–water partition coefficient (Wildman–Crippen LogP) is 1.81. The molecule has 20 heavy (non-hydrogen) atoms. The third-order valence-corrected chi connectivity index (χ3v) is 4.45. The van der Waals surface area contributed by atoms with Crippen molar-refractivity contribution in [3.63, 3.8) is 0 Å². The van der Waals surface area contributed by atoms with E-state index in [9.17, 15) is 4.79 Å². The molecule has 0 bridgehead atoms. The van der Waals surface area contributed by atoms with E-state index in [1.165, 1.54) is 0 Å². The molecule has 2 saturated heterocycles. The Morgan fingerprint density at radius 2 is 2.10 bits per heavy atom. The van der Waals surface area contributed by atoms with Gasteiger partial charge in [-0.15, -0.1) is 0 Å². The van der Waals surface area contributed by atoms with Crippen molar-refractivity contribution in [3.8, 4) is 0 Å². The number of nitrogens with zero attached hydrogens (tertiary/aromatic N) is 2. The molecule has 2 rings (SSSR count). The molecule has 0 saturated carbocycles. The Bertz CT molecular complexity index is 365. The molecular formula is C15H29N3O2. The summed E-state index contributed by atoms with van der Waals surface area (Å²) in [6.07, 6.45) is 2.92. The second kappa shape index (κ2) is 5.53. The van der Waals surface area contributed by atoms with Crippen LogP contribution < -0.4 is 5.73 Å². The van der Waals surface area contributed by atoms with Crippen molar-refractivity contribution in [3.05, 3.63) is 0 Å². The molecule has 5 nitrogen and oxygen atoms in total. The van der Waals surface area contributed by atoms with Gasteiger partial charge in [0.25, 0.3) is 0 Å². The molecule has 1 spiro atoms. The maximum atomic E-state index is 12.2. The highest BCUT2D eigenvalue weighted by atomic mass is 16.6. The van der Waals surface area contributed by atoms with Crippen LogP contribution in [0.3, 0.4) is 0 Å². The fourth-order valence-electron chi connectivity index (χ4n) is 3.49. The number of hydrogen-bond acceptors (Lipinski definition) is 4. The Hall–Kier alpha value is -0.810. The molecule has 2 aliphatic rings. The highest BCUT2D eigenvalue weighted by Gasteiger charge is 2.52. The summed E-state index contributed by atoms with van der Waals surface area (Å²) >= 11 is 0. The second-order valence-electron chi connectivity index (χ2n) is 7.14.